The number of Topliss-reactive ketones (excluding diaryl/α,β-unsaturated/α-hetero) is 1. The molecule has 0 aliphatic carbocycles. The van der Waals surface area contributed by atoms with Crippen LogP contribution in [0.2, 0.25) is 0 Å². The first-order valence-electron chi connectivity index (χ1n) is 12.9. The zero-order valence-electron chi connectivity index (χ0n) is 21.7. The third-order valence-electron chi connectivity index (χ3n) is 7.62. The molecule has 0 saturated carbocycles. The van der Waals surface area contributed by atoms with Crippen LogP contribution in [0, 0.1) is 12.7 Å². The number of hydrogen-bond donors (Lipinski definition) is 1. The monoisotopic (exact) mass is 517 g/mol. The molecular weight excluding hydrogens is 485 g/mol. The van der Waals surface area contributed by atoms with E-state index in [0.717, 1.165) is 18.4 Å². The van der Waals surface area contributed by atoms with Crippen LogP contribution in [0.5, 0.6) is 0 Å². The molecule has 2 fully saturated rings. The maximum atomic E-state index is 13.8. The van der Waals surface area contributed by atoms with E-state index in [4.69, 9.17) is 5.84 Å². The number of piperazine rings is 1. The molecule has 0 radical (unpaired) electrons. The Morgan fingerprint density at radius 3 is 2.45 bits per heavy atom. The molecule has 2 N–H and O–H groups in total. The van der Waals surface area contributed by atoms with E-state index >= 15 is 0 Å². The Hall–Kier alpha value is -3.98. The molecule has 198 valence electrons. The average Bonchev–Trinajstić information content (AvgIpc) is 3.54. The van der Waals surface area contributed by atoms with Gasteiger partial charge in [-0.25, -0.2) is 4.39 Å². The van der Waals surface area contributed by atoms with Crippen molar-refractivity contribution in [1.82, 2.24) is 19.4 Å². The van der Waals surface area contributed by atoms with Crippen LogP contribution in [0.4, 0.5) is 4.39 Å². The van der Waals surface area contributed by atoms with Crippen molar-refractivity contribution in [1.29, 1.82) is 0 Å². The van der Waals surface area contributed by atoms with Gasteiger partial charge in [0.25, 0.3) is 17.6 Å². The first-order valence-corrected chi connectivity index (χ1v) is 12.9. The number of carbonyl (C=O) groups excluding carboxylic acids is 3. The number of nitrogens with two attached hydrogens (primary N) is 1. The minimum Gasteiger partial charge on any atom is -0.339 e. The van der Waals surface area contributed by atoms with Crippen molar-refractivity contribution < 1.29 is 18.8 Å². The zero-order chi connectivity index (χ0) is 27.1. The Balaban J connectivity index is 1.39. The molecule has 0 spiro atoms. The standard InChI is InChI=1S/C29H32FN5O3/c1-18-12-26-24(25(17-35(26)31)27(36)29(38)32-10-4-5-11-32)13-23(18)28(37)34-15-19(2)33(14-20(34)3)16-21-6-8-22(30)9-7-21/h6-9,12-13,17,19H,3-5,10-11,14-16,31H2,1-2H3/t19-/m0/s1. The Labute approximate surface area is 221 Å². The van der Waals surface area contributed by atoms with Crippen molar-refractivity contribution in [3.8, 4) is 0 Å². The predicted octanol–water partition coefficient (Wildman–Crippen LogP) is 3.47. The normalized spacial score (nSPS) is 18.4. The number of benzene rings is 2. The molecular formula is C29H32FN5O3. The summed E-state index contributed by atoms with van der Waals surface area (Å²) in [5.41, 5.74) is 3.57. The lowest BCUT2D eigenvalue weighted by atomic mass is 10.00. The van der Waals surface area contributed by atoms with E-state index in [0.29, 0.717) is 60.5 Å². The van der Waals surface area contributed by atoms with E-state index in [1.54, 1.807) is 34.1 Å². The maximum Gasteiger partial charge on any atom is 0.295 e. The maximum absolute atomic E-state index is 13.8. The second-order valence-electron chi connectivity index (χ2n) is 10.3. The number of aryl methyl sites for hydroxylation is 1. The first kappa shape index (κ1) is 25.7. The summed E-state index contributed by atoms with van der Waals surface area (Å²) in [6.07, 6.45) is 3.23. The van der Waals surface area contributed by atoms with Crippen molar-refractivity contribution in [2.75, 3.05) is 32.0 Å². The summed E-state index contributed by atoms with van der Waals surface area (Å²) in [5.74, 6) is 4.50. The Kier molecular flexibility index (Phi) is 6.79. The second-order valence-corrected chi connectivity index (χ2v) is 10.3. The molecule has 0 unspecified atom stereocenters. The molecule has 5 rings (SSSR count). The molecule has 38 heavy (non-hydrogen) atoms. The SMILES string of the molecule is C=C1CN(Cc2ccc(F)cc2)[C@@H](C)CN1C(=O)c1cc2c(C(=O)C(=O)N3CCCC3)cn(N)c2cc1C. The number of rotatable bonds is 5. The summed E-state index contributed by atoms with van der Waals surface area (Å²) < 4.78 is 14.6. The minimum absolute atomic E-state index is 0.0406. The van der Waals surface area contributed by atoms with Crippen LogP contribution >= 0.6 is 0 Å². The Morgan fingerprint density at radius 2 is 1.76 bits per heavy atom. The molecule has 2 amide bonds. The van der Waals surface area contributed by atoms with E-state index in [9.17, 15) is 18.8 Å². The summed E-state index contributed by atoms with van der Waals surface area (Å²) in [6, 6.07) is 9.90. The lowest BCUT2D eigenvalue weighted by Gasteiger charge is -2.41. The smallest absolute Gasteiger partial charge is 0.295 e. The zero-order valence-corrected chi connectivity index (χ0v) is 21.7. The summed E-state index contributed by atoms with van der Waals surface area (Å²) in [5, 5.41) is 0.479. The minimum atomic E-state index is -0.615. The van der Waals surface area contributed by atoms with E-state index in [2.05, 4.69) is 11.5 Å². The third kappa shape index (κ3) is 4.69. The fraction of sp³-hybridized carbons (Fsp3) is 0.345. The van der Waals surface area contributed by atoms with Crippen LogP contribution in [-0.2, 0) is 11.3 Å². The highest BCUT2D eigenvalue weighted by atomic mass is 19.1. The van der Waals surface area contributed by atoms with Gasteiger partial charge in [0.1, 0.15) is 5.82 Å². The van der Waals surface area contributed by atoms with E-state index in [-0.39, 0.29) is 23.3 Å². The van der Waals surface area contributed by atoms with Gasteiger partial charge in [-0.2, -0.15) is 0 Å². The molecule has 2 aromatic carbocycles. The van der Waals surface area contributed by atoms with Crippen LogP contribution < -0.4 is 5.84 Å². The van der Waals surface area contributed by atoms with Crippen LogP contribution in [0.1, 0.15) is 51.6 Å². The first-order chi connectivity index (χ1) is 18.1. The van der Waals surface area contributed by atoms with Gasteiger partial charge in [0, 0.05) is 61.6 Å². The molecule has 2 aliphatic rings. The number of aromatic nitrogens is 1. The van der Waals surface area contributed by atoms with Crippen LogP contribution in [-0.4, -0.2) is 69.2 Å². The van der Waals surface area contributed by atoms with Crippen molar-refractivity contribution >= 4 is 28.5 Å². The summed E-state index contributed by atoms with van der Waals surface area (Å²) in [6.45, 7) is 10.7. The largest absolute Gasteiger partial charge is 0.339 e. The van der Waals surface area contributed by atoms with Gasteiger partial charge in [-0.15, -0.1) is 0 Å². The molecule has 1 atom stereocenters. The molecule has 8 nitrogen and oxygen atoms in total. The highest BCUT2D eigenvalue weighted by molar-refractivity contribution is 6.45. The van der Waals surface area contributed by atoms with Crippen molar-refractivity contribution in [3.05, 3.63) is 82.9 Å². The van der Waals surface area contributed by atoms with Crippen molar-refractivity contribution in [2.24, 2.45) is 0 Å². The number of fused-ring (bicyclic) bond motifs is 1. The number of amides is 2. The fourth-order valence-corrected chi connectivity index (χ4v) is 5.38. The van der Waals surface area contributed by atoms with Crippen molar-refractivity contribution in [3.63, 3.8) is 0 Å². The topological polar surface area (TPSA) is 91.9 Å². The van der Waals surface area contributed by atoms with Gasteiger partial charge in [0.05, 0.1) is 11.1 Å². The summed E-state index contributed by atoms with van der Waals surface area (Å²) in [4.78, 5) is 45.1. The van der Waals surface area contributed by atoms with Crippen LogP contribution in [0.25, 0.3) is 10.9 Å². The van der Waals surface area contributed by atoms with Crippen molar-refractivity contribution in [2.45, 2.75) is 39.3 Å². The lowest BCUT2D eigenvalue weighted by Crippen LogP contribution is -2.51. The number of likely N-dealkylation sites (tertiary alicyclic amines) is 1. The van der Waals surface area contributed by atoms with E-state index in [1.165, 1.54) is 23.0 Å². The quantitative estimate of drug-likeness (QED) is 0.318. The molecule has 9 heteroatoms. The van der Waals surface area contributed by atoms with E-state index in [1.807, 2.05) is 13.8 Å². The van der Waals surface area contributed by atoms with Gasteiger partial charge in [-0.1, -0.05) is 18.7 Å². The number of hydrogen-bond acceptors (Lipinski definition) is 5. The van der Waals surface area contributed by atoms with Gasteiger partial charge in [0.15, 0.2) is 0 Å². The van der Waals surface area contributed by atoms with Gasteiger partial charge in [0.2, 0.25) is 0 Å². The highest BCUT2D eigenvalue weighted by Gasteiger charge is 2.32. The number of carbonyl (C=O) groups is 3. The Morgan fingerprint density at radius 1 is 1.08 bits per heavy atom. The average molecular weight is 518 g/mol. The second kappa shape index (κ2) is 10.1. The van der Waals surface area contributed by atoms with Gasteiger partial charge < -0.3 is 15.6 Å². The summed E-state index contributed by atoms with van der Waals surface area (Å²) in [7, 11) is 0. The van der Waals surface area contributed by atoms with Crippen LogP contribution in [0.15, 0.2) is 54.9 Å². The predicted molar refractivity (Wildman–Crippen MR) is 143 cm³/mol. The fourth-order valence-electron chi connectivity index (χ4n) is 5.38. The number of halogens is 1. The van der Waals surface area contributed by atoms with E-state index < -0.39 is 11.7 Å². The molecule has 2 aliphatic heterocycles. The number of nitrogens with zero attached hydrogens (tertiary/aromatic N) is 4. The summed E-state index contributed by atoms with van der Waals surface area (Å²) >= 11 is 0. The molecule has 3 aromatic rings. The molecule has 1 aromatic heterocycles. The number of ketones is 1. The highest BCUT2D eigenvalue weighted by Crippen LogP contribution is 2.28. The van der Waals surface area contributed by atoms with Gasteiger partial charge >= 0.3 is 0 Å². The number of nitrogen functional groups attached to an aromatic ring is 1. The molecule has 2 saturated heterocycles. The van der Waals surface area contributed by atoms with Crippen LogP contribution in [0.3, 0.4) is 0 Å². The molecule has 0 bridgehead atoms. The molecule has 3 heterocycles. The Bertz CT molecular complexity index is 1440. The van der Waals surface area contributed by atoms with Gasteiger partial charge in [-0.3, -0.25) is 24.0 Å². The van der Waals surface area contributed by atoms with Gasteiger partial charge in [-0.05, 0) is 62.1 Å². The third-order valence-corrected chi connectivity index (χ3v) is 7.62. The lowest BCUT2D eigenvalue weighted by molar-refractivity contribution is -0.125.